The van der Waals surface area contributed by atoms with E-state index in [1.165, 1.54) is 12.1 Å². The van der Waals surface area contributed by atoms with Crippen LogP contribution in [0.3, 0.4) is 0 Å². The molecule has 4 rings (SSSR count). The Kier molecular flexibility index (Phi) is 6.07. The van der Waals surface area contributed by atoms with E-state index in [4.69, 9.17) is 5.73 Å². The predicted octanol–water partition coefficient (Wildman–Crippen LogP) is 3.28. The first kappa shape index (κ1) is 20.6. The van der Waals surface area contributed by atoms with Gasteiger partial charge in [-0.3, -0.25) is 9.97 Å². The van der Waals surface area contributed by atoms with Crippen molar-refractivity contribution in [2.24, 2.45) is 10.2 Å². The number of hydrogen-bond donors (Lipinski definition) is 3. The number of hydrogen-bond acceptors (Lipinski definition) is 11. The number of pyridine rings is 2. The van der Waals surface area contributed by atoms with Crippen LogP contribution in [0, 0.1) is 0 Å². The predicted molar refractivity (Wildman–Crippen MR) is 117 cm³/mol. The average Bonchev–Trinajstić information content (AvgIpc) is 2.79. The van der Waals surface area contributed by atoms with Crippen molar-refractivity contribution in [3.8, 4) is 11.5 Å². The fourth-order valence-corrected chi connectivity index (χ4v) is 2.82. The molecule has 0 unspecified atom stereocenters. The smallest absolute Gasteiger partial charge is 0.275 e. The fraction of sp³-hybridized carbons (Fsp3) is 0.0952. The number of anilines is 2. The lowest BCUT2D eigenvalue weighted by atomic mass is 10.3. The first-order chi connectivity index (χ1) is 15.6. The molecule has 11 nitrogen and oxygen atoms in total. The van der Waals surface area contributed by atoms with Crippen molar-refractivity contribution in [2.45, 2.75) is 13.1 Å². The number of benzene rings is 1. The Morgan fingerprint density at radius 2 is 1.50 bits per heavy atom. The number of azo groups is 1. The zero-order chi connectivity index (χ0) is 22.3. The third-order valence-corrected chi connectivity index (χ3v) is 4.28. The van der Waals surface area contributed by atoms with E-state index in [1.54, 1.807) is 12.4 Å². The molecule has 0 bridgehead atoms. The topological polar surface area (TPSA) is 159 Å². The molecule has 160 valence electrons. The maximum absolute atomic E-state index is 9.88. The van der Waals surface area contributed by atoms with Crippen LogP contribution in [-0.2, 0) is 13.1 Å². The molecule has 0 atom stereocenters. The van der Waals surface area contributed by atoms with Crippen LogP contribution in [0.4, 0.5) is 23.5 Å². The molecule has 3 heterocycles. The van der Waals surface area contributed by atoms with E-state index in [1.807, 2.05) is 41.3 Å². The van der Waals surface area contributed by atoms with Crippen LogP contribution in [-0.4, -0.2) is 35.1 Å². The van der Waals surface area contributed by atoms with Gasteiger partial charge in [-0.2, -0.15) is 15.0 Å². The van der Waals surface area contributed by atoms with Gasteiger partial charge in [0.25, 0.3) is 5.95 Å². The first-order valence-electron chi connectivity index (χ1n) is 9.57. The summed E-state index contributed by atoms with van der Waals surface area (Å²) in [7, 11) is 0. The van der Waals surface area contributed by atoms with Gasteiger partial charge >= 0.3 is 0 Å². The molecular formula is C21H19N9O2. The summed E-state index contributed by atoms with van der Waals surface area (Å²) in [5, 5.41) is 27.2. The molecule has 1 aromatic carbocycles. The van der Waals surface area contributed by atoms with Crippen LogP contribution in [0.25, 0.3) is 0 Å². The molecule has 0 saturated carbocycles. The molecule has 0 saturated heterocycles. The van der Waals surface area contributed by atoms with E-state index >= 15 is 0 Å². The van der Waals surface area contributed by atoms with E-state index in [2.05, 4.69) is 35.1 Å². The molecule has 0 aliphatic rings. The number of nitrogens with zero attached hydrogens (tertiary/aromatic N) is 8. The van der Waals surface area contributed by atoms with E-state index < -0.39 is 0 Å². The van der Waals surface area contributed by atoms with Crippen molar-refractivity contribution in [1.82, 2.24) is 24.9 Å². The van der Waals surface area contributed by atoms with Gasteiger partial charge in [0.15, 0.2) is 0 Å². The molecule has 4 N–H and O–H groups in total. The summed E-state index contributed by atoms with van der Waals surface area (Å²) in [5.41, 5.74) is 7.65. The highest BCUT2D eigenvalue weighted by atomic mass is 16.3. The number of nitrogen functional groups attached to an aromatic ring is 1. The lowest BCUT2D eigenvalue weighted by Gasteiger charge is -2.22. The van der Waals surface area contributed by atoms with Crippen LogP contribution < -0.4 is 10.6 Å². The summed E-state index contributed by atoms with van der Waals surface area (Å²) in [6.45, 7) is 0.798. The van der Waals surface area contributed by atoms with Gasteiger partial charge in [-0.15, -0.1) is 10.2 Å². The van der Waals surface area contributed by atoms with Gasteiger partial charge in [0.1, 0.15) is 17.2 Å². The lowest BCUT2D eigenvalue weighted by molar-refractivity contribution is 0.451. The van der Waals surface area contributed by atoms with Gasteiger partial charge in [0.05, 0.1) is 24.5 Å². The maximum atomic E-state index is 9.88. The first-order valence-corrected chi connectivity index (χ1v) is 9.57. The Hall–Kier alpha value is -4.67. The summed E-state index contributed by atoms with van der Waals surface area (Å²) in [4.78, 5) is 23.2. The minimum atomic E-state index is -0.233. The molecule has 3 aromatic heterocycles. The number of rotatable bonds is 7. The molecule has 0 amide bonds. The quantitative estimate of drug-likeness (QED) is 0.375. The minimum absolute atomic E-state index is 0.0352. The Labute approximate surface area is 183 Å². The highest BCUT2D eigenvalue weighted by Crippen LogP contribution is 2.31. The zero-order valence-corrected chi connectivity index (χ0v) is 16.8. The molecule has 32 heavy (non-hydrogen) atoms. The Balaban J connectivity index is 1.65. The normalized spacial score (nSPS) is 11.0. The summed E-state index contributed by atoms with van der Waals surface area (Å²) in [6.07, 6.45) is 3.42. The van der Waals surface area contributed by atoms with E-state index in [9.17, 15) is 10.2 Å². The number of aromatic hydroxyl groups is 2. The van der Waals surface area contributed by atoms with Gasteiger partial charge in [0, 0.05) is 18.5 Å². The van der Waals surface area contributed by atoms with Crippen LogP contribution in [0.2, 0.25) is 0 Å². The monoisotopic (exact) mass is 429 g/mol. The van der Waals surface area contributed by atoms with Crippen LogP contribution in [0.1, 0.15) is 11.4 Å². The molecule has 0 radical (unpaired) electrons. The van der Waals surface area contributed by atoms with Gasteiger partial charge in [0.2, 0.25) is 11.9 Å². The van der Waals surface area contributed by atoms with Crippen molar-refractivity contribution in [3.05, 3.63) is 78.4 Å². The summed E-state index contributed by atoms with van der Waals surface area (Å²) in [5.74, 6) is -0.119. The molecule has 4 aromatic rings. The fourth-order valence-electron chi connectivity index (χ4n) is 2.82. The number of phenolic OH excluding ortho intramolecular Hbond substituents is 2. The highest BCUT2D eigenvalue weighted by Gasteiger charge is 2.15. The highest BCUT2D eigenvalue weighted by molar-refractivity contribution is 5.53. The standard InChI is InChI=1S/C21H19N9O2/c22-19-25-20(29-28-17-8-7-16(31)11-18(17)32)27-21(26-19)30(12-14-5-1-3-9-23-14)13-15-6-2-4-10-24-15/h1-11,31-32H,12-13H2,(H2,22,25,26,27)/b29-28+. The third kappa shape index (κ3) is 5.27. The largest absolute Gasteiger partial charge is 0.508 e. The van der Waals surface area contributed by atoms with Crippen LogP contribution in [0.5, 0.6) is 11.5 Å². The van der Waals surface area contributed by atoms with Gasteiger partial charge < -0.3 is 20.8 Å². The number of phenols is 2. The maximum Gasteiger partial charge on any atom is 0.275 e. The molecule has 0 aliphatic heterocycles. The second-order valence-electron chi connectivity index (χ2n) is 6.66. The SMILES string of the molecule is Nc1nc(/N=N/c2ccc(O)cc2O)nc(N(Cc2ccccn2)Cc2ccccn2)n1. The summed E-state index contributed by atoms with van der Waals surface area (Å²) in [6, 6.07) is 15.2. The van der Waals surface area contributed by atoms with Crippen LogP contribution >= 0.6 is 0 Å². The molecule has 0 spiro atoms. The Morgan fingerprint density at radius 3 is 2.09 bits per heavy atom. The van der Waals surface area contributed by atoms with E-state index in [0.29, 0.717) is 13.1 Å². The second-order valence-corrected chi connectivity index (χ2v) is 6.66. The summed E-state index contributed by atoms with van der Waals surface area (Å²) < 4.78 is 0. The van der Waals surface area contributed by atoms with E-state index in [0.717, 1.165) is 17.5 Å². The molecular weight excluding hydrogens is 410 g/mol. The van der Waals surface area contributed by atoms with E-state index in [-0.39, 0.29) is 35.0 Å². The second kappa shape index (κ2) is 9.43. The van der Waals surface area contributed by atoms with Crippen molar-refractivity contribution >= 4 is 23.5 Å². The van der Waals surface area contributed by atoms with Gasteiger partial charge in [-0.25, -0.2) is 0 Å². The summed E-state index contributed by atoms with van der Waals surface area (Å²) >= 11 is 0. The molecule has 0 fully saturated rings. The van der Waals surface area contributed by atoms with Crippen molar-refractivity contribution in [1.29, 1.82) is 0 Å². The van der Waals surface area contributed by atoms with Gasteiger partial charge in [-0.05, 0) is 36.4 Å². The van der Waals surface area contributed by atoms with Crippen LogP contribution in [0.15, 0.2) is 77.2 Å². The Morgan fingerprint density at radius 1 is 0.812 bits per heavy atom. The van der Waals surface area contributed by atoms with Crippen molar-refractivity contribution < 1.29 is 10.2 Å². The number of aromatic nitrogens is 5. The van der Waals surface area contributed by atoms with Crippen molar-refractivity contribution in [3.63, 3.8) is 0 Å². The minimum Gasteiger partial charge on any atom is -0.508 e. The zero-order valence-electron chi connectivity index (χ0n) is 16.8. The van der Waals surface area contributed by atoms with Gasteiger partial charge in [-0.1, -0.05) is 12.1 Å². The Bertz CT molecular complexity index is 1180. The average molecular weight is 429 g/mol. The number of nitrogens with two attached hydrogens (primary N) is 1. The lowest BCUT2D eigenvalue weighted by Crippen LogP contribution is -2.25. The molecule has 0 aliphatic carbocycles. The third-order valence-electron chi connectivity index (χ3n) is 4.28. The van der Waals surface area contributed by atoms with Crippen molar-refractivity contribution in [2.75, 3.05) is 10.6 Å². The molecule has 11 heteroatoms.